The molecule has 29 heavy (non-hydrogen) atoms. The van der Waals surface area contributed by atoms with Crippen molar-refractivity contribution in [2.45, 2.75) is 50.6 Å². The minimum Gasteiger partial charge on any atom is -0.478 e. The maximum Gasteiger partial charge on any atom is 0.251 e. The van der Waals surface area contributed by atoms with Crippen LogP contribution in [0.15, 0.2) is 47.5 Å². The maximum atomic E-state index is 13.0. The highest BCUT2D eigenvalue weighted by molar-refractivity contribution is 7.89. The summed E-state index contributed by atoms with van der Waals surface area (Å²) < 4.78 is 33.0. The van der Waals surface area contributed by atoms with Crippen molar-refractivity contribution in [3.8, 4) is 5.88 Å². The normalized spacial score (nSPS) is 17.7. The fourth-order valence-corrected chi connectivity index (χ4v) is 5.18. The summed E-state index contributed by atoms with van der Waals surface area (Å²) in [5.41, 5.74) is 1.16. The number of nitrogens with one attached hydrogen (secondary N) is 1. The van der Waals surface area contributed by atoms with Crippen LogP contribution < -0.4 is 10.1 Å². The molecule has 2 heterocycles. The zero-order valence-corrected chi connectivity index (χ0v) is 17.6. The summed E-state index contributed by atoms with van der Waals surface area (Å²) in [6, 6.07) is 9.75. The van der Waals surface area contributed by atoms with Crippen molar-refractivity contribution in [1.82, 2.24) is 14.6 Å². The topological polar surface area (TPSA) is 88.6 Å². The lowest BCUT2D eigenvalue weighted by Gasteiger charge is -2.32. The van der Waals surface area contributed by atoms with Gasteiger partial charge >= 0.3 is 0 Å². The number of aromatic nitrogens is 1. The van der Waals surface area contributed by atoms with Gasteiger partial charge in [-0.1, -0.05) is 12.5 Å². The standard InChI is InChI=1S/C21H27N3O4S/c1-3-28-20-13-17(10-11-22-20)15-23-21(25)18-8-6-9-19(14-18)29(26,27)24-12-5-4-7-16(24)2/h6,8-11,13-14,16H,3-5,7,12,15H2,1-2H3,(H,23,25). The number of hydrogen-bond acceptors (Lipinski definition) is 5. The first-order valence-electron chi connectivity index (χ1n) is 9.89. The zero-order chi connectivity index (χ0) is 20.9. The number of ether oxygens (including phenoxy) is 1. The lowest BCUT2D eigenvalue weighted by molar-refractivity contribution is 0.0950. The fraction of sp³-hybridized carbons (Fsp3) is 0.429. The van der Waals surface area contributed by atoms with E-state index in [9.17, 15) is 13.2 Å². The number of amides is 1. The third-order valence-corrected chi connectivity index (χ3v) is 7.00. The van der Waals surface area contributed by atoms with Gasteiger partial charge in [-0.05, 0) is 56.5 Å². The highest BCUT2D eigenvalue weighted by Gasteiger charge is 2.31. The Labute approximate surface area is 172 Å². The molecular weight excluding hydrogens is 390 g/mol. The first-order chi connectivity index (χ1) is 13.9. The summed E-state index contributed by atoms with van der Waals surface area (Å²) in [5.74, 6) is 0.173. The van der Waals surface area contributed by atoms with Crippen molar-refractivity contribution in [3.05, 3.63) is 53.7 Å². The van der Waals surface area contributed by atoms with Crippen molar-refractivity contribution in [1.29, 1.82) is 0 Å². The van der Waals surface area contributed by atoms with Crippen molar-refractivity contribution in [2.75, 3.05) is 13.2 Å². The quantitative estimate of drug-likeness (QED) is 0.748. The van der Waals surface area contributed by atoms with Crippen LogP contribution in [0.5, 0.6) is 5.88 Å². The molecule has 7 nitrogen and oxygen atoms in total. The average Bonchev–Trinajstić information content (AvgIpc) is 2.73. The Kier molecular flexibility index (Phi) is 6.87. The third-order valence-electron chi connectivity index (χ3n) is 4.99. The van der Waals surface area contributed by atoms with Crippen LogP contribution in [0.25, 0.3) is 0 Å². The smallest absolute Gasteiger partial charge is 0.251 e. The van der Waals surface area contributed by atoms with Gasteiger partial charge in [-0.2, -0.15) is 4.31 Å². The molecule has 1 unspecified atom stereocenters. The van der Waals surface area contributed by atoms with Gasteiger partial charge in [-0.15, -0.1) is 0 Å². The maximum absolute atomic E-state index is 13.0. The summed E-state index contributed by atoms with van der Waals surface area (Å²) in [6.45, 7) is 5.13. The Bertz CT molecular complexity index is 962. The first kappa shape index (κ1) is 21.3. The summed E-state index contributed by atoms with van der Waals surface area (Å²) in [4.78, 5) is 16.8. The predicted molar refractivity (Wildman–Crippen MR) is 110 cm³/mol. The lowest BCUT2D eigenvalue weighted by atomic mass is 10.1. The van der Waals surface area contributed by atoms with E-state index in [1.165, 1.54) is 6.07 Å². The molecule has 0 saturated carbocycles. The molecule has 1 aliphatic heterocycles. The van der Waals surface area contributed by atoms with Crippen LogP contribution in [-0.2, 0) is 16.6 Å². The molecule has 1 amide bonds. The van der Waals surface area contributed by atoms with Crippen LogP contribution in [0.2, 0.25) is 0 Å². The molecule has 0 bridgehead atoms. The van der Waals surface area contributed by atoms with Crippen LogP contribution in [0.1, 0.15) is 49.0 Å². The minimum atomic E-state index is -3.62. The molecule has 1 aromatic carbocycles. The SMILES string of the molecule is CCOc1cc(CNC(=O)c2cccc(S(=O)(=O)N3CCCCC3C)c2)ccn1. The number of pyridine rings is 1. The molecule has 0 radical (unpaired) electrons. The summed E-state index contributed by atoms with van der Waals surface area (Å²) in [5, 5.41) is 2.82. The van der Waals surface area contributed by atoms with E-state index in [4.69, 9.17) is 4.74 Å². The number of piperidine rings is 1. The van der Waals surface area contributed by atoms with Gasteiger partial charge in [-0.25, -0.2) is 13.4 Å². The highest BCUT2D eigenvalue weighted by atomic mass is 32.2. The Morgan fingerprint density at radius 2 is 2.10 bits per heavy atom. The molecule has 0 aliphatic carbocycles. The molecule has 8 heteroatoms. The van der Waals surface area contributed by atoms with Gasteiger partial charge in [0.1, 0.15) is 0 Å². The van der Waals surface area contributed by atoms with Gasteiger partial charge in [0.15, 0.2) is 0 Å². The van der Waals surface area contributed by atoms with E-state index in [1.54, 1.807) is 40.8 Å². The fourth-order valence-electron chi connectivity index (χ4n) is 3.43. The van der Waals surface area contributed by atoms with E-state index < -0.39 is 10.0 Å². The van der Waals surface area contributed by atoms with E-state index in [-0.39, 0.29) is 16.8 Å². The summed E-state index contributed by atoms with van der Waals surface area (Å²) in [6.07, 6.45) is 4.38. The minimum absolute atomic E-state index is 0.0301. The molecule has 3 rings (SSSR count). The van der Waals surface area contributed by atoms with Crippen LogP contribution >= 0.6 is 0 Å². The molecule has 1 aliphatic rings. The first-order valence-corrected chi connectivity index (χ1v) is 11.3. The highest BCUT2D eigenvalue weighted by Crippen LogP contribution is 2.25. The number of sulfonamides is 1. The summed E-state index contributed by atoms with van der Waals surface area (Å²) in [7, 11) is -3.62. The van der Waals surface area contributed by atoms with E-state index in [0.29, 0.717) is 31.1 Å². The monoisotopic (exact) mass is 417 g/mol. The number of carbonyl (C=O) groups is 1. The molecule has 1 saturated heterocycles. The van der Waals surface area contributed by atoms with E-state index in [2.05, 4.69) is 10.3 Å². The largest absolute Gasteiger partial charge is 0.478 e. The van der Waals surface area contributed by atoms with Crippen LogP contribution in [0, 0.1) is 0 Å². The molecule has 1 fully saturated rings. The molecular formula is C21H27N3O4S. The molecule has 1 aromatic heterocycles. The number of hydrogen-bond donors (Lipinski definition) is 1. The number of carbonyl (C=O) groups excluding carboxylic acids is 1. The van der Waals surface area contributed by atoms with Gasteiger partial charge in [0.25, 0.3) is 5.91 Å². The molecule has 2 aromatic rings. The Morgan fingerprint density at radius 3 is 2.86 bits per heavy atom. The van der Waals surface area contributed by atoms with Crippen molar-refractivity contribution in [2.24, 2.45) is 0 Å². The van der Waals surface area contributed by atoms with Gasteiger partial charge < -0.3 is 10.1 Å². The number of rotatable bonds is 7. The second kappa shape index (κ2) is 9.37. The Hall–Kier alpha value is -2.45. The molecule has 1 N–H and O–H groups in total. The molecule has 0 spiro atoms. The van der Waals surface area contributed by atoms with Gasteiger partial charge in [0, 0.05) is 37.0 Å². The number of benzene rings is 1. The van der Waals surface area contributed by atoms with Gasteiger partial charge in [0.2, 0.25) is 15.9 Å². The van der Waals surface area contributed by atoms with Gasteiger partial charge in [-0.3, -0.25) is 4.79 Å². The van der Waals surface area contributed by atoms with Crippen molar-refractivity contribution < 1.29 is 17.9 Å². The van der Waals surface area contributed by atoms with Crippen molar-refractivity contribution >= 4 is 15.9 Å². The van der Waals surface area contributed by atoms with Crippen LogP contribution in [-0.4, -0.2) is 42.8 Å². The molecule has 156 valence electrons. The predicted octanol–water partition coefficient (Wildman–Crippen LogP) is 2.97. The Morgan fingerprint density at radius 1 is 1.28 bits per heavy atom. The second-order valence-electron chi connectivity index (χ2n) is 7.11. The lowest BCUT2D eigenvalue weighted by Crippen LogP contribution is -2.42. The van der Waals surface area contributed by atoms with Crippen molar-refractivity contribution in [3.63, 3.8) is 0 Å². The van der Waals surface area contributed by atoms with Gasteiger partial charge in [0.05, 0.1) is 11.5 Å². The summed E-state index contributed by atoms with van der Waals surface area (Å²) >= 11 is 0. The van der Waals surface area contributed by atoms with E-state index in [1.807, 2.05) is 13.8 Å². The van der Waals surface area contributed by atoms with Crippen LogP contribution in [0.4, 0.5) is 0 Å². The Balaban J connectivity index is 1.71. The second-order valence-corrected chi connectivity index (χ2v) is 9.00. The third kappa shape index (κ3) is 5.13. The number of nitrogens with zero attached hydrogens (tertiary/aromatic N) is 2. The zero-order valence-electron chi connectivity index (χ0n) is 16.8. The van der Waals surface area contributed by atoms with E-state index >= 15 is 0 Å². The average molecular weight is 418 g/mol. The van der Waals surface area contributed by atoms with Crippen LogP contribution in [0.3, 0.4) is 0 Å². The van der Waals surface area contributed by atoms with E-state index in [0.717, 1.165) is 24.8 Å². The molecule has 1 atom stereocenters.